The normalized spacial score (nSPS) is 17.5. The quantitative estimate of drug-likeness (QED) is 0.707. The fraction of sp³-hybridized carbons (Fsp3) is 0.533. The molecule has 19 heavy (non-hydrogen) atoms. The summed E-state index contributed by atoms with van der Waals surface area (Å²) in [6.45, 7) is 3.90. The van der Waals surface area contributed by atoms with Crippen LogP contribution in [0.15, 0.2) is 18.2 Å². The van der Waals surface area contributed by atoms with Gasteiger partial charge in [-0.1, -0.05) is 19.1 Å². The van der Waals surface area contributed by atoms with E-state index in [0.717, 1.165) is 18.5 Å². The molecule has 1 heterocycles. The van der Waals surface area contributed by atoms with E-state index in [2.05, 4.69) is 29.7 Å². The molecule has 0 aliphatic carbocycles. The van der Waals surface area contributed by atoms with Gasteiger partial charge in [-0.3, -0.25) is 4.79 Å². The summed E-state index contributed by atoms with van der Waals surface area (Å²) in [4.78, 5) is 11.7. The molecule has 0 fully saturated rings. The second-order valence-electron chi connectivity index (χ2n) is 5.14. The van der Waals surface area contributed by atoms with Gasteiger partial charge in [-0.25, -0.2) is 0 Å². The summed E-state index contributed by atoms with van der Waals surface area (Å²) in [5, 5.41) is 14.9. The maximum atomic E-state index is 11.7. The molecule has 1 aliphatic rings. The van der Waals surface area contributed by atoms with Crippen LogP contribution < -0.4 is 10.6 Å². The Kier molecular flexibility index (Phi) is 4.80. The first-order valence-electron chi connectivity index (χ1n) is 6.95. The number of aliphatic hydroxyl groups is 1. The van der Waals surface area contributed by atoms with Gasteiger partial charge < -0.3 is 15.7 Å². The van der Waals surface area contributed by atoms with Crippen molar-refractivity contribution in [2.75, 3.05) is 25.0 Å². The van der Waals surface area contributed by atoms with Crippen LogP contribution in [0.1, 0.15) is 36.8 Å². The van der Waals surface area contributed by atoms with Crippen LogP contribution in [0.5, 0.6) is 0 Å². The zero-order valence-corrected chi connectivity index (χ0v) is 11.4. The number of rotatable bonds is 5. The number of amides is 1. The molecule has 0 bridgehead atoms. The van der Waals surface area contributed by atoms with Gasteiger partial charge in [0.05, 0.1) is 6.42 Å². The molecule has 1 amide bonds. The Hall–Kier alpha value is -1.55. The van der Waals surface area contributed by atoms with E-state index >= 15 is 0 Å². The van der Waals surface area contributed by atoms with Crippen LogP contribution in [0.2, 0.25) is 0 Å². The second kappa shape index (κ2) is 6.57. The Bertz CT molecular complexity index is 446. The topological polar surface area (TPSA) is 61.4 Å². The van der Waals surface area contributed by atoms with Gasteiger partial charge in [-0.2, -0.15) is 0 Å². The molecular weight excluding hydrogens is 240 g/mol. The van der Waals surface area contributed by atoms with Crippen molar-refractivity contribution in [3.05, 3.63) is 29.3 Å². The number of anilines is 1. The van der Waals surface area contributed by atoms with E-state index in [1.54, 1.807) is 0 Å². The highest BCUT2D eigenvalue weighted by atomic mass is 16.3. The zero-order valence-electron chi connectivity index (χ0n) is 11.4. The van der Waals surface area contributed by atoms with Crippen LogP contribution in [-0.2, 0) is 11.2 Å². The van der Waals surface area contributed by atoms with E-state index in [4.69, 9.17) is 5.11 Å². The molecule has 1 aromatic carbocycles. The molecule has 1 aromatic rings. The monoisotopic (exact) mass is 262 g/mol. The third-order valence-corrected chi connectivity index (χ3v) is 3.56. The van der Waals surface area contributed by atoms with Gasteiger partial charge in [-0.15, -0.1) is 0 Å². The van der Waals surface area contributed by atoms with E-state index in [9.17, 15) is 4.79 Å². The van der Waals surface area contributed by atoms with Crippen molar-refractivity contribution in [3.63, 3.8) is 0 Å². The van der Waals surface area contributed by atoms with Crippen molar-refractivity contribution in [2.45, 2.75) is 32.1 Å². The third kappa shape index (κ3) is 3.70. The molecule has 2 rings (SSSR count). The predicted octanol–water partition coefficient (Wildman–Crippen LogP) is 1.65. The van der Waals surface area contributed by atoms with Crippen LogP contribution in [-0.4, -0.2) is 30.7 Å². The van der Waals surface area contributed by atoms with Crippen molar-refractivity contribution < 1.29 is 9.90 Å². The molecule has 0 saturated carbocycles. The summed E-state index contributed by atoms with van der Waals surface area (Å²) >= 11 is 0. The lowest BCUT2D eigenvalue weighted by Crippen LogP contribution is -2.26. The minimum atomic E-state index is 0.0184. The molecule has 3 N–H and O–H groups in total. The van der Waals surface area contributed by atoms with Crippen molar-refractivity contribution in [1.29, 1.82) is 0 Å². The van der Waals surface area contributed by atoms with E-state index in [0.29, 0.717) is 25.3 Å². The zero-order chi connectivity index (χ0) is 13.7. The number of carbonyl (C=O) groups excluding carboxylic acids is 1. The molecule has 1 unspecified atom stereocenters. The summed E-state index contributed by atoms with van der Waals surface area (Å²) in [5.74, 6) is 0.568. The van der Waals surface area contributed by atoms with Crippen LogP contribution in [0, 0.1) is 0 Å². The Morgan fingerprint density at radius 2 is 2.37 bits per heavy atom. The van der Waals surface area contributed by atoms with Gasteiger partial charge in [0, 0.05) is 25.4 Å². The van der Waals surface area contributed by atoms with Gasteiger partial charge in [0.25, 0.3) is 0 Å². The number of carbonyl (C=O) groups is 1. The molecule has 0 saturated heterocycles. The lowest BCUT2D eigenvalue weighted by atomic mass is 9.91. The summed E-state index contributed by atoms with van der Waals surface area (Å²) in [6, 6.07) is 6.22. The summed E-state index contributed by atoms with van der Waals surface area (Å²) in [5.41, 5.74) is 3.56. The Morgan fingerprint density at radius 1 is 1.53 bits per heavy atom. The minimum absolute atomic E-state index is 0.0184. The standard InChI is InChI=1S/C15H22N2O2/c1-11-5-7-16-14-4-3-12(9-13(11)14)10-15(19)17-6-2-8-18/h3-4,9,11,16,18H,2,5-8,10H2,1H3,(H,17,19). The minimum Gasteiger partial charge on any atom is -0.396 e. The fourth-order valence-corrected chi connectivity index (χ4v) is 2.42. The Morgan fingerprint density at radius 3 is 3.16 bits per heavy atom. The average Bonchev–Trinajstić information content (AvgIpc) is 2.40. The fourth-order valence-electron chi connectivity index (χ4n) is 2.42. The highest BCUT2D eigenvalue weighted by Gasteiger charge is 2.16. The average molecular weight is 262 g/mol. The van der Waals surface area contributed by atoms with Gasteiger partial charge >= 0.3 is 0 Å². The van der Waals surface area contributed by atoms with Gasteiger partial charge in [0.15, 0.2) is 0 Å². The first kappa shape index (κ1) is 13.9. The lowest BCUT2D eigenvalue weighted by molar-refractivity contribution is -0.120. The number of nitrogens with one attached hydrogen (secondary N) is 2. The molecule has 1 aliphatic heterocycles. The van der Waals surface area contributed by atoms with Crippen LogP contribution in [0.3, 0.4) is 0 Å². The Balaban J connectivity index is 1.97. The molecule has 0 radical (unpaired) electrons. The summed E-state index contributed by atoms with van der Waals surface area (Å²) in [6.07, 6.45) is 2.15. The number of hydrogen-bond acceptors (Lipinski definition) is 3. The maximum absolute atomic E-state index is 11.7. The molecule has 104 valence electrons. The van der Waals surface area contributed by atoms with Crippen molar-refractivity contribution in [1.82, 2.24) is 5.32 Å². The van der Waals surface area contributed by atoms with E-state index < -0.39 is 0 Å². The number of aliphatic hydroxyl groups excluding tert-OH is 1. The first-order chi connectivity index (χ1) is 9.20. The third-order valence-electron chi connectivity index (χ3n) is 3.56. The van der Waals surface area contributed by atoms with E-state index in [1.807, 2.05) is 6.07 Å². The van der Waals surface area contributed by atoms with E-state index in [1.165, 1.54) is 11.3 Å². The molecule has 0 spiro atoms. The van der Waals surface area contributed by atoms with Crippen LogP contribution >= 0.6 is 0 Å². The molecule has 1 atom stereocenters. The number of benzene rings is 1. The summed E-state index contributed by atoms with van der Waals surface area (Å²) < 4.78 is 0. The highest BCUT2D eigenvalue weighted by molar-refractivity contribution is 5.78. The van der Waals surface area contributed by atoms with Crippen molar-refractivity contribution in [2.24, 2.45) is 0 Å². The van der Waals surface area contributed by atoms with Crippen molar-refractivity contribution >= 4 is 11.6 Å². The van der Waals surface area contributed by atoms with E-state index in [-0.39, 0.29) is 12.5 Å². The molecule has 0 aromatic heterocycles. The smallest absolute Gasteiger partial charge is 0.224 e. The van der Waals surface area contributed by atoms with Gasteiger partial charge in [0.1, 0.15) is 0 Å². The maximum Gasteiger partial charge on any atom is 0.224 e. The number of fused-ring (bicyclic) bond motifs is 1. The first-order valence-corrected chi connectivity index (χ1v) is 6.95. The molecule has 4 nitrogen and oxygen atoms in total. The SMILES string of the molecule is CC1CCNc2ccc(CC(=O)NCCCO)cc21. The van der Waals surface area contributed by atoms with Gasteiger partial charge in [-0.05, 0) is 36.0 Å². The predicted molar refractivity (Wildman–Crippen MR) is 76.4 cm³/mol. The van der Waals surface area contributed by atoms with Crippen LogP contribution in [0.4, 0.5) is 5.69 Å². The summed E-state index contributed by atoms with van der Waals surface area (Å²) in [7, 11) is 0. The largest absolute Gasteiger partial charge is 0.396 e. The number of hydrogen-bond donors (Lipinski definition) is 3. The Labute approximate surface area is 114 Å². The molecular formula is C15H22N2O2. The van der Waals surface area contributed by atoms with Crippen molar-refractivity contribution in [3.8, 4) is 0 Å². The van der Waals surface area contributed by atoms with Gasteiger partial charge in [0.2, 0.25) is 5.91 Å². The lowest BCUT2D eigenvalue weighted by Gasteiger charge is -2.24. The molecule has 4 heteroatoms. The second-order valence-corrected chi connectivity index (χ2v) is 5.14. The van der Waals surface area contributed by atoms with Crippen LogP contribution in [0.25, 0.3) is 0 Å². The highest BCUT2D eigenvalue weighted by Crippen LogP contribution is 2.31.